The Bertz CT molecular complexity index is 1170. The van der Waals surface area contributed by atoms with E-state index in [1.165, 1.54) is 6.92 Å². The molecular weight excluding hydrogens is 543 g/mol. The second-order valence-electron chi connectivity index (χ2n) is 12.3. The fourth-order valence-electron chi connectivity index (χ4n) is 6.74. The number of ketones is 3. The Balaban J connectivity index is 2.03. The number of nitrogens with zero attached hydrogens (tertiary/aromatic N) is 1. The van der Waals surface area contributed by atoms with Crippen molar-refractivity contribution in [3.8, 4) is 0 Å². The lowest BCUT2D eigenvalue weighted by Gasteiger charge is -2.60. The number of allylic oxidation sites excluding steroid dienone is 1. The molecule has 11 heteroatoms. The topological polar surface area (TPSA) is 137 Å². The van der Waals surface area contributed by atoms with E-state index < -0.39 is 78.7 Å². The number of rotatable bonds is 3. The monoisotopic (exact) mass is 574 g/mol. The maximum atomic E-state index is 14.6. The number of hydrogen-bond donors (Lipinski definition) is 3. The molecule has 37 heavy (non-hydrogen) atoms. The van der Waals surface area contributed by atoms with Crippen molar-refractivity contribution in [1.29, 1.82) is 0 Å². The van der Waals surface area contributed by atoms with Crippen LogP contribution in [0.2, 0.25) is 0 Å². The lowest BCUT2D eigenvalue weighted by Crippen LogP contribution is -2.81. The highest BCUT2D eigenvalue weighted by Crippen LogP contribution is 2.61. The minimum atomic E-state index is -2.08. The number of Topliss-reactive ketones (excluding diaryl/α,β-unsaturated/α-hetero) is 3. The Labute approximate surface area is 231 Å². The van der Waals surface area contributed by atoms with Gasteiger partial charge in [0.2, 0.25) is 17.6 Å². The van der Waals surface area contributed by atoms with Gasteiger partial charge >= 0.3 is 0 Å². The number of aliphatic hydroxyl groups excluding tert-OH is 1. The van der Waals surface area contributed by atoms with Gasteiger partial charge in [0, 0.05) is 11.0 Å². The number of fused-ring (bicyclic) bond motifs is 1. The Morgan fingerprint density at radius 3 is 2.24 bits per heavy atom. The van der Waals surface area contributed by atoms with Crippen molar-refractivity contribution in [2.45, 2.75) is 106 Å². The Kier molecular flexibility index (Phi) is 6.66. The van der Waals surface area contributed by atoms with E-state index >= 15 is 0 Å². The predicted molar refractivity (Wildman–Crippen MR) is 138 cm³/mol. The van der Waals surface area contributed by atoms with E-state index in [0.29, 0.717) is 12.8 Å². The minimum absolute atomic E-state index is 0.179. The van der Waals surface area contributed by atoms with Gasteiger partial charge in [-0.05, 0) is 64.7 Å². The van der Waals surface area contributed by atoms with Crippen LogP contribution in [0, 0.1) is 11.3 Å². The molecule has 0 amide bonds. The number of hydrogen-bond acceptors (Lipinski definition) is 6. The molecule has 1 heterocycles. The van der Waals surface area contributed by atoms with Crippen molar-refractivity contribution < 1.29 is 34.4 Å². The molecule has 1 saturated heterocycles. The van der Waals surface area contributed by atoms with Gasteiger partial charge in [0.15, 0.2) is 11.4 Å². The molecule has 1 unspecified atom stereocenters. The van der Waals surface area contributed by atoms with Crippen LogP contribution in [-0.4, -0.2) is 66.0 Å². The first-order chi connectivity index (χ1) is 16.8. The summed E-state index contributed by atoms with van der Waals surface area (Å²) in [6, 6.07) is -1.61. The summed E-state index contributed by atoms with van der Waals surface area (Å²) in [7, 11) is 0. The van der Waals surface area contributed by atoms with Crippen LogP contribution in [0.4, 0.5) is 0 Å². The van der Waals surface area contributed by atoms with E-state index in [0.717, 1.165) is 0 Å². The molecule has 8 nitrogen and oxygen atoms in total. The Morgan fingerprint density at radius 1 is 1.08 bits per heavy atom. The summed E-state index contributed by atoms with van der Waals surface area (Å²) in [4.78, 5) is 39.7. The Hall–Kier alpha value is -1.32. The van der Waals surface area contributed by atoms with Gasteiger partial charge in [-0.15, -0.1) is 34.8 Å². The van der Waals surface area contributed by atoms with E-state index in [1.54, 1.807) is 20.8 Å². The van der Waals surface area contributed by atoms with Gasteiger partial charge in [-0.2, -0.15) is 0 Å². The maximum Gasteiger partial charge on any atom is 0.233 e. The molecular formula is C26H33Cl3N2O6. The van der Waals surface area contributed by atoms with Crippen LogP contribution < -0.4 is 5.11 Å². The molecule has 0 spiro atoms. The molecule has 204 valence electrons. The predicted octanol–water partition coefficient (Wildman–Crippen LogP) is 3.03. The number of carbonyl (C=O) groups excluding carboxylic acids is 3. The highest BCUT2D eigenvalue weighted by molar-refractivity contribution is 6.45. The van der Waals surface area contributed by atoms with Crippen LogP contribution in [0.1, 0.15) is 67.2 Å². The first kappa shape index (κ1) is 28.7. The molecule has 3 N–H and O–H groups in total. The fraction of sp³-hybridized carbons (Fsp3) is 0.731. The summed E-state index contributed by atoms with van der Waals surface area (Å²) in [6.45, 7) is 10.1. The molecule has 0 bridgehead atoms. The van der Waals surface area contributed by atoms with E-state index in [-0.39, 0.29) is 23.8 Å². The molecule has 0 aromatic heterocycles. The van der Waals surface area contributed by atoms with Gasteiger partial charge in [0.05, 0.1) is 27.7 Å². The first-order valence-electron chi connectivity index (χ1n) is 12.4. The summed E-state index contributed by atoms with van der Waals surface area (Å²) >= 11 is 20.5. The van der Waals surface area contributed by atoms with E-state index in [4.69, 9.17) is 39.5 Å². The SMILES string of the molecule is CC1=C(O)C2=C(C(=O)[C@@]3(C[C@H]4C(C)(C)[C@@H](Cl)CC[C@]4(C)O)OC(C)(C)[C@H](Cl)C[C@]3(Cl)C2=O)C([NH+]=[N-])C1=O. The van der Waals surface area contributed by atoms with Crippen molar-refractivity contribution in [1.82, 2.24) is 0 Å². The molecule has 0 aromatic carbocycles. The van der Waals surface area contributed by atoms with Crippen molar-refractivity contribution in [2.75, 3.05) is 0 Å². The smallest absolute Gasteiger partial charge is 0.233 e. The molecule has 7 atom stereocenters. The molecule has 4 aliphatic rings. The third kappa shape index (κ3) is 3.73. The standard InChI is InChI=1S/C26H33Cl3N2O6/c1-11-18(32)16-15(17(31-30)19(11)33)21(35)26(9-12-22(2,3)13(27)7-8-24(12,6)36)25(29,20(16)34)10-14(28)23(4,5)37-26/h12-14,17,31-32,36H,7-10H2,1-6H3/t12-,13-,14+,17?,24-,25-,26+/m0/s1. The number of carbonyl (C=O) groups is 3. The third-order valence-corrected chi connectivity index (χ3v) is 11.3. The molecule has 0 aromatic rings. The highest BCUT2D eigenvalue weighted by Gasteiger charge is 2.74. The van der Waals surface area contributed by atoms with Crippen molar-refractivity contribution in [2.24, 2.45) is 11.3 Å². The summed E-state index contributed by atoms with van der Waals surface area (Å²) in [5.41, 5.74) is 3.61. The first-order valence-corrected chi connectivity index (χ1v) is 13.6. The van der Waals surface area contributed by atoms with Crippen molar-refractivity contribution in [3.05, 3.63) is 28.0 Å². The van der Waals surface area contributed by atoms with Crippen LogP contribution in [0.5, 0.6) is 0 Å². The summed E-state index contributed by atoms with van der Waals surface area (Å²) < 4.78 is 6.49. The normalized spacial score (nSPS) is 43.5. The maximum absolute atomic E-state index is 14.6. The van der Waals surface area contributed by atoms with Gasteiger partial charge in [0.1, 0.15) is 10.6 Å². The van der Waals surface area contributed by atoms with E-state index in [9.17, 15) is 30.1 Å². The number of halogens is 3. The lowest BCUT2D eigenvalue weighted by molar-refractivity contribution is -0.498. The number of ether oxygens (including phenoxy) is 1. The zero-order valence-corrected chi connectivity index (χ0v) is 24.0. The zero-order chi connectivity index (χ0) is 28.1. The van der Waals surface area contributed by atoms with Crippen LogP contribution in [0.25, 0.3) is 5.53 Å². The number of alkyl halides is 3. The molecule has 4 rings (SSSR count). The quantitative estimate of drug-likeness (QED) is 0.349. The second kappa shape index (κ2) is 8.59. The van der Waals surface area contributed by atoms with Crippen LogP contribution in [0.15, 0.2) is 22.5 Å². The van der Waals surface area contributed by atoms with Gasteiger partial charge in [-0.25, -0.2) is 0 Å². The Morgan fingerprint density at radius 2 is 1.68 bits per heavy atom. The van der Waals surface area contributed by atoms with Crippen molar-refractivity contribution >= 4 is 52.2 Å². The number of nitrogens with one attached hydrogen (secondary N) is 1. The highest BCUT2D eigenvalue weighted by atomic mass is 35.5. The molecule has 3 aliphatic carbocycles. The molecule has 2 fully saturated rings. The van der Waals surface area contributed by atoms with E-state index in [2.05, 4.69) is 0 Å². The van der Waals surface area contributed by atoms with Gasteiger partial charge < -0.3 is 25.6 Å². The minimum Gasteiger partial charge on any atom is -0.508 e. The largest absolute Gasteiger partial charge is 0.508 e. The third-order valence-electron chi connectivity index (χ3n) is 9.25. The molecule has 1 aliphatic heterocycles. The lowest BCUT2D eigenvalue weighted by atomic mass is 9.53. The van der Waals surface area contributed by atoms with Crippen LogP contribution in [0.3, 0.4) is 0 Å². The molecule has 0 radical (unpaired) electrons. The van der Waals surface area contributed by atoms with Crippen LogP contribution >= 0.6 is 34.8 Å². The van der Waals surface area contributed by atoms with Gasteiger partial charge in [-0.3, -0.25) is 14.4 Å². The van der Waals surface area contributed by atoms with Crippen molar-refractivity contribution in [3.63, 3.8) is 0 Å². The second-order valence-corrected chi connectivity index (χ2v) is 14.0. The van der Waals surface area contributed by atoms with E-state index in [1.807, 2.05) is 19.0 Å². The van der Waals surface area contributed by atoms with Gasteiger partial charge in [0.25, 0.3) is 0 Å². The summed E-state index contributed by atoms with van der Waals surface area (Å²) in [6.07, 6.45) is 0.504. The summed E-state index contributed by atoms with van der Waals surface area (Å²) in [5, 5.41) is 23.1. The fourth-order valence-corrected chi connectivity index (χ4v) is 7.81. The van der Waals surface area contributed by atoms with Crippen LogP contribution in [-0.2, 0) is 19.1 Å². The summed E-state index contributed by atoms with van der Waals surface area (Å²) in [5.74, 6) is -3.75. The molecule has 1 saturated carbocycles. The zero-order valence-electron chi connectivity index (χ0n) is 21.7. The van der Waals surface area contributed by atoms with Gasteiger partial charge in [-0.1, -0.05) is 13.8 Å². The average molecular weight is 576 g/mol. The number of aliphatic hydroxyl groups is 2. The average Bonchev–Trinajstić information content (AvgIpc) is 2.79.